The summed E-state index contributed by atoms with van der Waals surface area (Å²) >= 11 is 0. The highest BCUT2D eigenvalue weighted by molar-refractivity contribution is 5.45. The van der Waals surface area contributed by atoms with E-state index in [0.29, 0.717) is 6.61 Å². The molecule has 0 spiro atoms. The summed E-state index contributed by atoms with van der Waals surface area (Å²) in [5, 5.41) is 3.42. The molecule has 3 rings (SSSR count). The first kappa shape index (κ1) is 17.7. The van der Waals surface area contributed by atoms with Crippen LogP contribution in [0.5, 0.6) is 11.5 Å². The molecule has 0 radical (unpaired) electrons. The second-order valence-corrected chi connectivity index (χ2v) is 6.29. The Labute approximate surface area is 150 Å². The monoisotopic (exact) mass is 341 g/mol. The predicted octanol–water partition coefficient (Wildman–Crippen LogP) is 2.79. The zero-order chi connectivity index (χ0) is 17.6. The molecule has 5 heteroatoms. The van der Waals surface area contributed by atoms with Crippen LogP contribution < -0.4 is 14.8 Å². The van der Waals surface area contributed by atoms with Gasteiger partial charge in [-0.3, -0.25) is 9.88 Å². The Hall–Kier alpha value is -2.11. The van der Waals surface area contributed by atoms with E-state index in [4.69, 9.17) is 14.5 Å². The molecule has 0 amide bonds. The van der Waals surface area contributed by atoms with E-state index in [1.807, 2.05) is 19.2 Å². The Kier molecular flexibility index (Phi) is 5.89. The van der Waals surface area contributed by atoms with Crippen molar-refractivity contribution < 1.29 is 9.47 Å². The Bertz CT molecular complexity index is 682. The topological polar surface area (TPSA) is 46.6 Å². The molecule has 134 valence electrons. The zero-order valence-corrected chi connectivity index (χ0v) is 15.3. The fourth-order valence-corrected chi connectivity index (χ4v) is 3.28. The first-order chi connectivity index (χ1) is 12.2. The molecule has 1 fully saturated rings. The molecule has 1 unspecified atom stereocenters. The van der Waals surface area contributed by atoms with Crippen molar-refractivity contribution in [2.75, 3.05) is 39.9 Å². The van der Waals surface area contributed by atoms with E-state index in [-0.39, 0.29) is 6.04 Å². The molecule has 25 heavy (non-hydrogen) atoms. The molecule has 1 saturated heterocycles. The van der Waals surface area contributed by atoms with Gasteiger partial charge < -0.3 is 14.8 Å². The van der Waals surface area contributed by atoms with Gasteiger partial charge in [-0.15, -0.1) is 0 Å². The number of ether oxygens (including phenoxy) is 2. The van der Waals surface area contributed by atoms with Gasteiger partial charge >= 0.3 is 0 Å². The number of methoxy groups -OCH3 is 1. The van der Waals surface area contributed by atoms with Crippen LogP contribution in [0, 0.1) is 6.92 Å². The number of pyridine rings is 1. The number of benzene rings is 1. The Morgan fingerprint density at radius 1 is 1.16 bits per heavy atom. The molecule has 5 nitrogen and oxygen atoms in total. The number of nitrogens with zero attached hydrogens (tertiary/aromatic N) is 2. The number of piperazine rings is 1. The maximum Gasteiger partial charge on any atom is 0.161 e. The van der Waals surface area contributed by atoms with Gasteiger partial charge in [-0.1, -0.05) is 12.1 Å². The molecule has 0 saturated carbocycles. The standard InChI is InChI=1S/C20H27N3O2/c1-4-25-19-13-16(6-8-18(19)24-3)20(23-11-9-21-10-12-23)17-7-5-15(2)14-22-17/h5-8,13-14,20-21H,4,9-12H2,1-3H3. The average molecular weight is 341 g/mol. The van der Waals surface area contributed by atoms with Crippen molar-refractivity contribution in [2.24, 2.45) is 0 Å². The molecular weight excluding hydrogens is 314 g/mol. The Morgan fingerprint density at radius 2 is 1.96 bits per heavy atom. The minimum atomic E-state index is 0.118. The SMILES string of the molecule is CCOc1cc(C(c2ccc(C)cn2)N2CCNCC2)ccc1OC. The van der Waals surface area contributed by atoms with Crippen molar-refractivity contribution in [3.05, 3.63) is 53.3 Å². The van der Waals surface area contributed by atoms with Gasteiger partial charge in [0.2, 0.25) is 0 Å². The molecular formula is C20H27N3O2. The van der Waals surface area contributed by atoms with E-state index in [2.05, 4.69) is 41.4 Å². The van der Waals surface area contributed by atoms with Gasteiger partial charge in [-0.05, 0) is 43.2 Å². The van der Waals surface area contributed by atoms with E-state index in [9.17, 15) is 0 Å². The third-order valence-electron chi connectivity index (χ3n) is 4.53. The van der Waals surface area contributed by atoms with Crippen LogP contribution in [0.15, 0.2) is 36.5 Å². The van der Waals surface area contributed by atoms with E-state index in [1.54, 1.807) is 7.11 Å². The fourth-order valence-electron chi connectivity index (χ4n) is 3.28. The smallest absolute Gasteiger partial charge is 0.161 e. The third-order valence-corrected chi connectivity index (χ3v) is 4.53. The average Bonchev–Trinajstić information content (AvgIpc) is 2.65. The van der Waals surface area contributed by atoms with Crippen LogP contribution in [-0.4, -0.2) is 49.8 Å². The molecule has 1 aromatic heterocycles. The number of aromatic nitrogens is 1. The van der Waals surface area contributed by atoms with Crippen LogP contribution in [0.25, 0.3) is 0 Å². The van der Waals surface area contributed by atoms with E-state index >= 15 is 0 Å². The van der Waals surface area contributed by atoms with Crippen molar-refractivity contribution in [2.45, 2.75) is 19.9 Å². The van der Waals surface area contributed by atoms with Gasteiger partial charge in [-0.2, -0.15) is 0 Å². The summed E-state index contributed by atoms with van der Waals surface area (Å²) in [5.41, 5.74) is 3.43. The minimum absolute atomic E-state index is 0.118. The molecule has 0 bridgehead atoms. The van der Waals surface area contributed by atoms with E-state index in [0.717, 1.165) is 43.4 Å². The number of rotatable bonds is 6. The summed E-state index contributed by atoms with van der Waals surface area (Å²) in [5.74, 6) is 1.55. The molecule has 1 atom stereocenters. The lowest BCUT2D eigenvalue weighted by Gasteiger charge is -2.35. The molecule has 1 aliphatic heterocycles. The van der Waals surface area contributed by atoms with Crippen molar-refractivity contribution >= 4 is 0 Å². The first-order valence-electron chi connectivity index (χ1n) is 8.91. The molecule has 0 aliphatic carbocycles. The van der Waals surface area contributed by atoms with Crippen molar-refractivity contribution in [3.63, 3.8) is 0 Å². The summed E-state index contributed by atoms with van der Waals surface area (Å²) in [6, 6.07) is 10.6. The van der Waals surface area contributed by atoms with Crippen LogP contribution in [0.2, 0.25) is 0 Å². The van der Waals surface area contributed by atoms with Gasteiger partial charge in [0.05, 0.1) is 25.5 Å². The molecule has 2 heterocycles. The second-order valence-electron chi connectivity index (χ2n) is 6.29. The highest BCUT2D eigenvalue weighted by atomic mass is 16.5. The molecule has 2 aromatic rings. The summed E-state index contributed by atoms with van der Waals surface area (Å²) in [6.45, 7) is 8.65. The van der Waals surface area contributed by atoms with Crippen LogP contribution in [-0.2, 0) is 0 Å². The lowest BCUT2D eigenvalue weighted by Crippen LogP contribution is -2.45. The largest absolute Gasteiger partial charge is 0.493 e. The predicted molar refractivity (Wildman–Crippen MR) is 99.4 cm³/mol. The molecule has 1 aromatic carbocycles. The Morgan fingerprint density at radius 3 is 2.60 bits per heavy atom. The quantitative estimate of drug-likeness (QED) is 0.875. The van der Waals surface area contributed by atoms with Crippen LogP contribution in [0.4, 0.5) is 0 Å². The normalized spacial score (nSPS) is 16.4. The van der Waals surface area contributed by atoms with Crippen LogP contribution >= 0.6 is 0 Å². The lowest BCUT2D eigenvalue weighted by atomic mass is 9.99. The maximum absolute atomic E-state index is 5.78. The first-order valence-corrected chi connectivity index (χ1v) is 8.91. The van der Waals surface area contributed by atoms with Gasteiger partial charge in [0.15, 0.2) is 11.5 Å². The minimum Gasteiger partial charge on any atom is -0.493 e. The number of hydrogen-bond acceptors (Lipinski definition) is 5. The van der Waals surface area contributed by atoms with Crippen molar-refractivity contribution in [1.29, 1.82) is 0 Å². The maximum atomic E-state index is 5.78. The summed E-state index contributed by atoms with van der Waals surface area (Å²) in [4.78, 5) is 7.19. The second kappa shape index (κ2) is 8.32. The van der Waals surface area contributed by atoms with Gasteiger partial charge in [0.25, 0.3) is 0 Å². The highest BCUT2D eigenvalue weighted by Gasteiger charge is 2.26. The fraction of sp³-hybridized carbons (Fsp3) is 0.450. The van der Waals surface area contributed by atoms with Gasteiger partial charge in [-0.25, -0.2) is 0 Å². The van der Waals surface area contributed by atoms with Gasteiger partial charge in [0, 0.05) is 32.4 Å². The molecule has 1 aliphatic rings. The van der Waals surface area contributed by atoms with Crippen molar-refractivity contribution in [1.82, 2.24) is 15.2 Å². The summed E-state index contributed by atoms with van der Waals surface area (Å²) in [6.07, 6.45) is 1.94. The summed E-state index contributed by atoms with van der Waals surface area (Å²) < 4.78 is 11.2. The lowest BCUT2D eigenvalue weighted by molar-refractivity contribution is 0.195. The number of nitrogens with one attached hydrogen (secondary N) is 1. The number of hydrogen-bond donors (Lipinski definition) is 1. The number of aryl methyl sites for hydroxylation is 1. The van der Waals surface area contributed by atoms with Gasteiger partial charge in [0.1, 0.15) is 0 Å². The van der Waals surface area contributed by atoms with E-state index < -0.39 is 0 Å². The summed E-state index contributed by atoms with van der Waals surface area (Å²) in [7, 11) is 1.67. The van der Waals surface area contributed by atoms with Crippen molar-refractivity contribution in [3.8, 4) is 11.5 Å². The molecule has 1 N–H and O–H groups in total. The highest BCUT2D eigenvalue weighted by Crippen LogP contribution is 2.35. The van der Waals surface area contributed by atoms with Crippen LogP contribution in [0.1, 0.15) is 29.8 Å². The zero-order valence-electron chi connectivity index (χ0n) is 15.3. The third kappa shape index (κ3) is 4.11. The van der Waals surface area contributed by atoms with Crippen LogP contribution in [0.3, 0.4) is 0 Å². The van der Waals surface area contributed by atoms with E-state index in [1.165, 1.54) is 11.1 Å². The Balaban J connectivity index is 2.01.